The fourth-order valence-corrected chi connectivity index (χ4v) is 5.30. The van der Waals surface area contributed by atoms with Gasteiger partial charge in [-0.25, -0.2) is 17.8 Å². The molecule has 192 valence electrons. The highest BCUT2D eigenvalue weighted by atomic mass is 35.5. The third kappa shape index (κ3) is 4.85. The second-order valence-corrected chi connectivity index (χ2v) is 10.6. The number of rotatable bonds is 6. The van der Waals surface area contributed by atoms with Crippen molar-refractivity contribution in [2.24, 2.45) is 0 Å². The van der Waals surface area contributed by atoms with E-state index < -0.39 is 15.8 Å². The Bertz CT molecular complexity index is 1860. The molecular weight excluding hydrogens is 529 g/mol. The van der Waals surface area contributed by atoms with Crippen LogP contribution in [0.5, 0.6) is 5.75 Å². The predicted molar refractivity (Wildman–Crippen MR) is 146 cm³/mol. The highest BCUT2D eigenvalue weighted by Crippen LogP contribution is 2.32. The van der Waals surface area contributed by atoms with Crippen LogP contribution in [0.15, 0.2) is 94.7 Å². The van der Waals surface area contributed by atoms with Crippen molar-refractivity contribution < 1.29 is 17.5 Å². The molecule has 0 unspecified atom stereocenters. The van der Waals surface area contributed by atoms with E-state index in [0.717, 1.165) is 29.0 Å². The number of anilines is 1. The number of pyridine rings is 2. The van der Waals surface area contributed by atoms with E-state index in [-0.39, 0.29) is 16.3 Å². The summed E-state index contributed by atoms with van der Waals surface area (Å²) in [6, 6.07) is 20.9. The SMILES string of the molecule is COc1cc(-c2ccc(Cl)c(C)c2)ccc1-n1c(=O)ccc2cc(S(=O)(=O)Nc3ccc(F)cn3)ccc21. The molecule has 10 heteroatoms. The molecule has 0 fully saturated rings. The van der Waals surface area contributed by atoms with Crippen LogP contribution in [-0.2, 0) is 10.0 Å². The number of methoxy groups -OCH3 is 1. The maximum absolute atomic E-state index is 13.1. The third-order valence-corrected chi connectivity index (χ3v) is 7.83. The average molecular weight is 550 g/mol. The average Bonchev–Trinajstić information content (AvgIpc) is 2.91. The highest BCUT2D eigenvalue weighted by molar-refractivity contribution is 7.92. The first-order chi connectivity index (χ1) is 18.2. The van der Waals surface area contributed by atoms with Gasteiger partial charge >= 0.3 is 0 Å². The first-order valence-electron chi connectivity index (χ1n) is 11.4. The minimum Gasteiger partial charge on any atom is -0.495 e. The molecule has 2 aromatic heterocycles. The number of nitrogens with zero attached hydrogens (tertiary/aromatic N) is 2. The fraction of sp³-hybridized carbons (Fsp3) is 0.0714. The number of aromatic nitrogens is 2. The molecular formula is C28H21ClFN3O4S. The number of aryl methyl sites for hydroxylation is 1. The van der Waals surface area contributed by atoms with Crippen molar-refractivity contribution in [3.05, 3.63) is 112 Å². The summed E-state index contributed by atoms with van der Waals surface area (Å²) < 4.78 is 48.4. The highest BCUT2D eigenvalue weighted by Gasteiger charge is 2.18. The van der Waals surface area contributed by atoms with Crippen molar-refractivity contribution in [3.63, 3.8) is 0 Å². The van der Waals surface area contributed by atoms with Gasteiger partial charge in [0.1, 0.15) is 17.4 Å². The summed E-state index contributed by atoms with van der Waals surface area (Å²) in [7, 11) is -2.50. The lowest BCUT2D eigenvalue weighted by Crippen LogP contribution is -2.19. The van der Waals surface area contributed by atoms with Crippen LogP contribution in [0.2, 0.25) is 5.02 Å². The zero-order valence-electron chi connectivity index (χ0n) is 20.3. The summed E-state index contributed by atoms with van der Waals surface area (Å²) >= 11 is 6.17. The number of ether oxygens (including phenoxy) is 1. The fourth-order valence-electron chi connectivity index (χ4n) is 4.14. The van der Waals surface area contributed by atoms with Crippen LogP contribution in [0.1, 0.15) is 5.56 Å². The minimum atomic E-state index is -4.02. The summed E-state index contributed by atoms with van der Waals surface area (Å²) in [5, 5.41) is 1.18. The van der Waals surface area contributed by atoms with Gasteiger partial charge in [0, 0.05) is 16.5 Å². The Morgan fingerprint density at radius 3 is 2.42 bits per heavy atom. The van der Waals surface area contributed by atoms with Gasteiger partial charge in [0.05, 0.1) is 29.4 Å². The van der Waals surface area contributed by atoms with Crippen LogP contribution < -0.4 is 15.0 Å². The van der Waals surface area contributed by atoms with Gasteiger partial charge < -0.3 is 4.74 Å². The molecule has 0 spiro atoms. The largest absolute Gasteiger partial charge is 0.495 e. The molecule has 0 aliphatic rings. The Hall–Kier alpha value is -4.21. The third-order valence-electron chi connectivity index (χ3n) is 6.05. The summed E-state index contributed by atoms with van der Waals surface area (Å²) in [5.74, 6) is -0.133. The molecule has 0 atom stereocenters. The smallest absolute Gasteiger partial charge is 0.263 e. The van der Waals surface area contributed by atoms with Crippen LogP contribution in [0.4, 0.5) is 10.2 Å². The van der Waals surface area contributed by atoms with Gasteiger partial charge in [0.2, 0.25) is 0 Å². The zero-order chi connectivity index (χ0) is 27.0. The van der Waals surface area contributed by atoms with E-state index in [2.05, 4.69) is 9.71 Å². The van der Waals surface area contributed by atoms with Gasteiger partial charge in [0.25, 0.3) is 15.6 Å². The van der Waals surface area contributed by atoms with Crippen molar-refractivity contribution in [1.82, 2.24) is 9.55 Å². The molecule has 2 heterocycles. The van der Waals surface area contributed by atoms with E-state index in [1.807, 2.05) is 37.3 Å². The van der Waals surface area contributed by atoms with Gasteiger partial charge in [-0.15, -0.1) is 0 Å². The van der Waals surface area contributed by atoms with Crippen LogP contribution >= 0.6 is 11.6 Å². The van der Waals surface area contributed by atoms with Gasteiger partial charge in [-0.3, -0.25) is 14.1 Å². The van der Waals surface area contributed by atoms with E-state index in [0.29, 0.717) is 27.4 Å². The quantitative estimate of drug-likeness (QED) is 0.282. The molecule has 0 aliphatic heterocycles. The molecule has 0 aliphatic carbocycles. The van der Waals surface area contributed by atoms with E-state index in [1.54, 1.807) is 18.2 Å². The van der Waals surface area contributed by atoms with Gasteiger partial charge in [-0.2, -0.15) is 0 Å². The number of hydrogen-bond acceptors (Lipinski definition) is 5. The lowest BCUT2D eigenvalue weighted by Gasteiger charge is -2.16. The van der Waals surface area contributed by atoms with Crippen molar-refractivity contribution in [1.29, 1.82) is 0 Å². The number of halogens is 2. The molecule has 3 aromatic carbocycles. The van der Waals surface area contributed by atoms with Crippen LogP contribution in [0, 0.1) is 12.7 Å². The lowest BCUT2D eigenvalue weighted by atomic mass is 10.0. The first-order valence-corrected chi connectivity index (χ1v) is 13.3. The van der Waals surface area contributed by atoms with E-state index in [1.165, 1.54) is 35.9 Å². The number of hydrogen-bond donors (Lipinski definition) is 1. The monoisotopic (exact) mass is 549 g/mol. The number of sulfonamides is 1. The molecule has 0 saturated carbocycles. The van der Waals surface area contributed by atoms with Crippen molar-refractivity contribution in [2.75, 3.05) is 11.8 Å². The Balaban J connectivity index is 1.58. The molecule has 7 nitrogen and oxygen atoms in total. The maximum Gasteiger partial charge on any atom is 0.263 e. The van der Waals surface area contributed by atoms with E-state index in [4.69, 9.17) is 16.3 Å². The number of benzene rings is 3. The molecule has 0 radical (unpaired) electrons. The summed E-state index contributed by atoms with van der Waals surface area (Å²) in [6.45, 7) is 1.92. The van der Waals surface area contributed by atoms with Crippen molar-refractivity contribution in [2.45, 2.75) is 11.8 Å². The van der Waals surface area contributed by atoms with Gasteiger partial charge in [0.15, 0.2) is 0 Å². The van der Waals surface area contributed by atoms with E-state index >= 15 is 0 Å². The molecule has 0 bridgehead atoms. The first kappa shape index (κ1) is 25.4. The Morgan fingerprint density at radius 2 is 1.71 bits per heavy atom. The summed E-state index contributed by atoms with van der Waals surface area (Å²) in [4.78, 5) is 16.7. The zero-order valence-corrected chi connectivity index (χ0v) is 21.8. The molecule has 0 amide bonds. The second-order valence-electron chi connectivity index (χ2n) is 8.55. The Kier molecular flexibility index (Phi) is 6.64. The maximum atomic E-state index is 13.1. The standard InChI is InChI=1S/C28H21ClFN3O4S/c1-17-13-18(3-8-23(17)29)19-4-9-25(26(15-19)37-2)33-24-10-7-22(14-20(24)5-12-28(33)34)38(35,36)32-27-11-6-21(30)16-31-27/h3-16H,1-2H3,(H,31,32). The predicted octanol–water partition coefficient (Wildman–Crippen LogP) is 5.96. The van der Waals surface area contributed by atoms with Crippen LogP contribution in [0.3, 0.4) is 0 Å². The Labute approximate surface area is 223 Å². The molecule has 5 aromatic rings. The van der Waals surface area contributed by atoms with Crippen LogP contribution in [0.25, 0.3) is 27.7 Å². The van der Waals surface area contributed by atoms with Crippen molar-refractivity contribution >= 4 is 38.3 Å². The van der Waals surface area contributed by atoms with Crippen LogP contribution in [-0.4, -0.2) is 25.1 Å². The van der Waals surface area contributed by atoms with Gasteiger partial charge in [-0.05, 0) is 84.3 Å². The van der Waals surface area contributed by atoms with Gasteiger partial charge in [-0.1, -0.05) is 23.7 Å². The minimum absolute atomic E-state index is 0.0165. The summed E-state index contributed by atoms with van der Waals surface area (Å²) in [5.41, 5.74) is 3.45. The second kappa shape index (κ2) is 9.92. The summed E-state index contributed by atoms with van der Waals surface area (Å²) in [6.07, 6.45) is 0.920. The lowest BCUT2D eigenvalue weighted by molar-refractivity contribution is 0.413. The number of nitrogens with one attached hydrogen (secondary N) is 1. The molecule has 0 saturated heterocycles. The topological polar surface area (TPSA) is 90.3 Å². The Morgan fingerprint density at radius 1 is 0.947 bits per heavy atom. The number of fused-ring (bicyclic) bond motifs is 1. The van der Waals surface area contributed by atoms with Crippen molar-refractivity contribution in [3.8, 4) is 22.6 Å². The molecule has 1 N–H and O–H groups in total. The molecule has 5 rings (SSSR count). The van der Waals surface area contributed by atoms with E-state index in [9.17, 15) is 17.6 Å². The molecule has 38 heavy (non-hydrogen) atoms. The normalized spacial score (nSPS) is 11.5.